The lowest BCUT2D eigenvalue weighted by atomic mass is 9.80. The summed E-state index contributed by atoms with van der Waals surface area (Å²) in [6.07, 6.45) is 6.22. The van der Waals surface area contributed by atoms with E-state index in [1.54, 1.807) is 11.3 Å². The van der Waals surface area contributed by atoms with E-state index < -0.39 is 0 Å². The molecule has 0 saturated heterocycles. The molecule has 2 heterocycles. The fourth-order valence-electron chi connectivity index (χ4n) is 3.32. The molecule has 4 nitrogen and oxygen atoms in total. The van der Waals surface area contributed by atoms with Crippen molar-refractivity contribution < 1.29 is 4.52 Å². The molecule has 0 aromatic carbocycles. The largest absolute Gasteiger partial charge is 0.390 e. The molecule has 0 aliphatic heterocycles. The molecule has 1 fully saturated rings. The van der Waals surface area contributed by atoms with Crippen molar-refractivity contribution >= 4 is 16.3 Å². The number of nitrogen functional groups attached to an aromatic ring is 1. The minimum Gasteiger partial charge on any atom is -0.390 e. The zero-order valence-corrected chi connectivity index (χ0v) is 13.8. The first-order valence-electron chi connectivity index (χ1n) is 7.79. The van der Waals surface area contributed by atoms with Crippen molar-refractivity contribution in [3.05, 3.63) is 16.3 Å². The Balaban J connectivity index is 1.86. The third-order valence-electron chi connectivity index (χ3n) is 4.79. The van der Waals surface area contributed by atoms with Crippen molar-refractivity contribution in [3.63, 3.8) is 0 Å². The monoisotopic (exact) mass is 305 g/mol. The van der Waals surface area contributed by atoms with Gasteiger partial charge in [-0.2, -0.15) is 4.98 Å². The molecule has 1 saturated carbocycles. The summed E-state index contributed by atoms with van der Waals surface area (Å²) in [5.74, 6) is 2.71. The Hall–Kier alpha value is -1.36. The minimum atomic E-state index is 0.447. The third-order valence-corrected chi connectivity index (χ3v) is 5.83. The first kappa shape index (κ1) is 14.6. The SMILES string of the molecule is CCC1CCCC(c2noc(-c3c(N)sc(C)c3C)n2)C1. The van der Waals surface area contributed by atoms with E-state index in [-0.39, 0.29) is 0 Å². The standard InChI is InChI=1S/C16H23N3OS/c1-4-11-6-5-7-12(8-11)15-18-16(20-19-15)13-9(2)10(3)21-14(13)17/h11-12H,4-8,17H2,1-3H3. The van der Waals surface area contributed by atoms with Gasteiger partial charge >= 0.3 is 0 Å². The van der Waals surface area contributed by atoms with Crippen LogP contribution < -0.4 is 5.73 Å². The maximum absolute atomic E-state index is 6.10. The van der Waals surface area contributed by atoms with Crippen LogP contribution >= 0.6 is 11.3 Å². The van der Waals surface area contributed by atoms with Crippen LogP contribution in [0.2, 0.25) is 0 Å². The molecule has 3 rings (SSSR count). The van der Waals surface area contributed by atoms with E-state index in [0.717, 1.165) is 27.9 Å². The summed E-state index contributed by atoms with van der Waals surface area (Å²) >= 11 is 1.59. The van der Waals surface area contributed by atoms with Crippen LogP contribution in [0.25, 0.3) is 11.5 Å². The highest BCUT2D eigenvalue weighted by Crippen LogP contribution is 2.40. The molecular weight excluding hydrogens is 282 g/mol. The zero-order chi connectivity index (χ0) is 15.0. The Morgan fingerprint density at radius 2 is 2.14 bits per heavy atom. The highest BCUT2D eigenvalue weighted by molar-refractivity contribution is 7.16. The van der Waals surface area contributed by atoms with Crippen LogP contribution in [0.1, 0.15) is 61.2 Å². The van der Waals surface area contributed by atoms with Crippen LogP contribution in [0.3, 0.4) is 0 Å². The Labute approximate surface area is 129 Å². The number of hydrogen-bond donors (Lipinski definition) is 1. The van der Waals surface area contributed by atoms with Gasteiger partial charge in [-0.3, -0.25) is 0 Å². The number of aryl methyl sites for hydroxylation is 1. The summed E-state index contributed by atoms with van der Waals surface area (Å²) in [6, 6.07) is 0. The molecule has 2 N–H and O–H groups in total. The van der Waals surface area contributed by atoms with Crippen LogP contribution in [0.15, 0.2) is 4.52 Å². The molecule has 2 atom stereocenters. The zero-order valence-electron chi connectivity index (χ0n) is 13.0. The van der Waals surface area contributed by atoms with E-state index in [1.165, 1.54) is 37.0 Å². The van der Waals surface area contributed by atoms with E-state index in [2.05, 4.69) is 30.9 Å². The molecule has 1 aliphatic rings. The Morgan fingerprint density at radius 3 is 2.81 bits per heavy atom. The minimum absolute atomic E-state index is 0.447. The summed E-state index contributed by atoms with van der Waals surface area (Å²) in [5, 5.41) is 5.01. The molecule has 2 aromatic rings. The lowest BCUT2D eigenvalue weighted by Gasteiger charge is -2.26. The third kappa shape index (κ3) is 2.71. The van der Waals surface area contributed by atoms with Gasteiger partial charge in [0.15, 0.2) is 5.82 Å². The number of aromatic nitrogens is 2. The number of anilines is 1. The Kier molecular flexibility index (Phi) is 4.02. The van der Waals surface area contributed by atoms with Crippen LogP contribution in [0.5, 0.6) is 0 Å². The van der Waals surface area contributed by atoms with Crippen LogP contribution in [-0.2, 0) is 0 Å². The molecule has 0 bridgehead atoms. The first-order chi connectivity index (χ1) is 10.1. The van der Waals surface area contributed by atoms with Gasteiger partial charge in [0.05, 0.1) is 10.6 Å². The van der Waals surface area contributed by atoms with Crippen LogP contribution in [0.4, 0.5) is 5.00 Å². The highest BCUT2D eigenvalue weighted by atomic mass is 32.1. The average Bonchev–Trinajstić information content (AvgIpc) is 3.05. The van der Waals surface area contributed by atoms with Gasteiger partial charge in [0, 0.05) is 10.8 Å². The molecular formula is C16H23N3OS. The number of thiophene rings is 1. The maximum atomic E-state index is 6.10. The van der Waals surface area contributed by atoms with Gasteiger partial charge in [0.25, 0.3) is 5.89 Å². The normalized spacial score (nSPS) is 22.6. The predicted molar refractivity (Wildman–Crippen MR) is 86.5 cm³/mol. The summed E-state index contributed by atoms with van der Waals surface area (Å²) in [4.78, 5) is 5.87. The maximum Gasteiger partial charge on any atom is 0.261 e. The molecule has 0 radical (unpaired) electrons. The van der Waals surface area contributed by atoms with Crippen molar-refractivity contribution in [2.75, 3.05) is 5.73 Å². The smallest absolute Gasteiger partial charge is 0.261 e. The van der Waals surface area contributed by atoms with E-state index >= 15 is 0 Å². The average molecular weight is 305 g/mol. The molecule has 2 aromatic heterocycles. The van der Waals surface area contributed by atoms with E-state index in [9.17, 15) is 0 Å². The molecule has 0 spiro atoms. The van der Waals surface area contributed by atoms with Gasteiger partial charge in [0.1, 0.15) is 0 Å². The number of hydrogen-bond acceptors (Lipinski definition) is 5. The molecule has 21 heavy (non-hydrogen) atoms. The van der Waals surface area contributed by atoms with Crippen LogP contribution in [-0.4, -0.2) is 10.1 Å². The Morgan fingerprint density at radius 1 is 1.33 bits per heavy atom. The Bertz CT molecular complexity index is 632. The van der Waals surface area contributed by atoms with Crippen LogP contribution in [0, 0.1) is 19.8 Å². The fraction of sp³-hybridized carbons (Fsp3) is 0.625. The molecule has 2 unspecified atom stereocenters. The fourth-order valence-corrected chi connectivity index (χ4v) is 4.25. The quantitative estimate of drug-likeness (QED) is 0.894. The van der Waals surface area contributed by atoms with E-state index in [4.69, 9.17) is 10.3 Å². The second-order valence-corrected chi connectivity index (χ2v) is 7.37. The van der Waals surface area contributed by atoms with Gasteiger partial charge in [0.2, 0.25) is 0 Å². The summed E-state index contributed by atoms with van der Waals surface area (Å²) in [5.41, 5.74) is 8.18. The number of nitrogens with zero attached hydrogens (tertiary/aromatic N) is 2. The summed E-state index contributed by atoms with van der Waals surface area (Å²) in [7, 11) is 0. The van der Waals surface area contributed by atoms with Crippen molar-refractivity contribution in [1.82, 2.24) is 10.1 Å². The summed E-state index contributed by atoms with van der Waals surface area (Å²) in [6.45, 7) is 6.41. The number of rotatable bonds is 3. The van der Waals surface area contributed by atoms with E-state index in [0.29, 0.717) is 11.8 Å². The molecule has 5 heteroatoms. The molecule has 114 valence electrons. The molecule has 0 amide bonds. The van der Waals surface area contributed by atoms with Crippen molar-refractivity contribution in [1.29, 1.82) is 0 Å². The van der Waals surface area contributed by atoms with E-state index in [1.807, 2.05) is 0 Å². The van der Waals surface area contributed by atoms with Crippen molar-refractivity contribution in [3.8, 4) is 11.5 Å². The second-order valence-electron chi connectivity index (χ2n) is 6.12. The van der Waals surface area contributed by atoms with Gasteiger partial charge in [-0.05, 0) is 38.2 Å². The topological polar surface area (TPSA) is 64.9 Å². The van der Waals surface area contributed by atoms with Gasteiger partial charge in [-0.25, -0.2) is 0 Å². The second kappa shape index (κ2) is 5.79. The predicted octanol–water partition coefficient (Wildman–Crippen LogP) is 4.68. The van der Waals surface area contributed by atoms with Crippen molar-refractivity contribution in [2.45, 2.75) is 58.8 Å². The summed E-state index contributed by atoms with van der Waals surface area (Å²) < 4.78 is 5.51. The van der Waals surface area contributed by atoms with Gasteiger partial charge in [-0.1, -0.05) is 31.3 Å². The lowest BCUT2D eigenvalue weighted by Crippen LogP contribution is -2.14. The first-order valence-corrected chi connectivity index (χ1v) is 8.61. The van der Waals surface area contributed by atoms with Gasteiger partial charge < -0.3 is 10.3 Å². The van der Waals surface area contributed by atoms with Gasteiger partial charge in [-0.15, -0.1) is 11.3 Å². The lowest BCUT2D eigenvalue weighted by molar-refractivity contribution is 0.300. The molecule has 1 aliphatic carbocycles. The number of nitrogens with two attached hydrogens (primary N) is 1. The van der Waals surface area contributed by atoms with Crippen molar-refractivity contribution in [2.24, 2.45) is 5.92 Å². The highest BCUT2D eigenvalue weighted by Gasteiger charge is 2.27.